The summed E-state index contributed by atoms with van der Waals surface area (Å²) in [7, 11) is 0. The van der Waals surface area contributed by atoms with E-state index in [1.54, 1.807) is 0 Å². The van der Waals surface area contributed by atoms with Crippen molar-refractivity contribution in [3.05, 3.63) is 18.2 Å². The molecule has 0 aliphatic rings. The van der Waals surface area contributed by atoms with Gasteiger partial charge in [-0.05, 0) is 19.8 Å². The second kappa shape index (κ2) is 14.8. The molecule has 16 heteroatoms. The van der Waals surface area contributed by atoms with E-state index in [9.17, 15) is 29.4 Å². The predicted molar refractivity (Wildman–Crippen MR) is 129 cm³/mol. The number of carbonyl (C=O) groups is 4. The highest BCUT2D eigenvalue weighted by molar-refractivity contribution is 7.80. The zero-order valence-electron chi connectivity index (χ0n) is 19.2. The molecule has 0 saturated carbocycles. The van der Waals surface area contributed by atoms with Gasteiger partial charge in [0, 0.05) is 30.6 Å². The standard InChI is InChI=1S/C19H33N9O6S/c1-9(29)14(17(32)26-12(18(33)34)3-2-4-24-19(21)22)28-16(31)13(5-10-6-23-8-25-10)27-15(30)11(20)7-35/h6,8-9,11-14,29,35H,2-5,7,20H2,1H3,(H,23,25)(H,26,32)(H,27,30)(H,28,31)(H,33,34)(H4,21,22,24). The van der Waals surface area contributed by atoms with Gasteiger partial charge in [0.1, 0.15) is 18.1 Å². The lowest BCUT2D eigenvalue weighted by Gasteiger charge is -2.26. The first kappa shape index (κ1) is 29.7. The van der Waals surface area contributed by atoms with Crippen molar-refractivity contribution in [1.29, 1.82) is 0 Å². The monoisotopic (exact) mass is 515 g/mol. The van der Waals surface area contributed by atoms with E-state index in [0.717, 1.165) is 0 Å². The lowest BCUT2D eigenvalue weighted by Crippen LogP contribution is -2.60. The van der Waals surface area contributed by atoms with Gasteiger partial charge in [-0.1, -0.05) is 0 Å². The van der Waals surface area contributed by atoms with Gasteiger partial charge >= 0.3 is 5.97 Å². The van der Waals surface area contributed by atoms with E-state index in [-0.39, 0.29) is 37.5 Å². The Morgan fingerprint density at radius 2 is 1.80 bits per heavy atom. The molecule has 0 aliphatic heterocycles. The number of imidazole rings is 1. The van der Waals surface area contributed by atoms with Gasteiger partial charge in [0.05, 0.1) is 18.5 Å². The summed E-state index contributed by atoms with van der Waals surface area (Å²) in [5.74, 6) is -3.82. The lowest BCUT2D eigenvalue weighted by molar-refractivity contribution is -0.143. The van der Waals surface area contributed by atoms with Crippen LogP contribution in [0.15, 0.2) is 17.5 Å². The number of thiol groups is 1. The highest BCUT2D eigenvalue weighted by Crippen LogP contribution is 2.04. The van der Waals surface area contributed by atoms with Crippen LogP contribution in [-0.2, 0) is 25.6 Å². The first-order chi connectivity index (χ1) is 16.5. The van der Waals surface area contributed by atoms with Crippen LogP contribution in [0.25, 0.3) is 0 Å². The van der Waals surface area contributed by atoms with E-state index < -0.39 is 54.0 Å². The molecular weight excluding hydrogens is 482 g/mol. The second-order valence-corrected chi connectivity index (χ2v) is 8.07. The van der Waals surface area contributed by atoms with E-state index in [0.29, 0.717) is 5.69 Å². The third-order valence-electron chi connectivity index (χ3n) is 4.77. The number of rotatable bonds is 15. The number of carboxylic acids is 1. The Morgan fingerprint density at radius 3 is 2.31 bits per heavy atom. The summed E-state index contributed by atoms with van der Waals surface area (Å²) < 4.78 is 0. The van der Waals surface area contributed by atoms with E-state index in [1.165, 1.54) is 19.4 Å². The number of aromatic amines is 1. The maximum Gasteiger partial charge on any atom is 0.326 e. The van der Waals surface area contributed by atoms with Crippen LogP contribution in [0.4, 0.5) is 0 Å². The normalized spacial score (nSPS) is 15.1. The van der Waals surface area contributed by atoms with Gasteiger partial charge in [-0.3, -0.25) is 19.4 Å². The smallest absolute Gasteiger partial charge is 0.326 e. The number of hydrogen-bond donors (Lipinski definition) is 10. The number of nitrogens with two attached hydrogens (primary N) is 3. The summed E-state index contributed by atoms with van der Waals surface area (Å²) in [5, 5.41) is 26.6. The van der Waals surface area contributed by atoms with E-state index >= 15 is 0 Å². The zero-order chi connectivity index (χ0) is 26.5. The summed E-state index contributed by atoms with van der Waals surface area (Å²) in [5.41, 5.74) is 16.6. The number of amides is 3. The van der Waals surface area contributed by atoms with Gasteiger partial charge < -0.3 is 48.3 Å². The molecule has 1 aromatic heterocycles. The Balaban J connectivity index is 2.93. The topological polar surface area (TPSA) is 264 Å². The average Bonchev–Trinajstić information content (AvgIpc) is 3.30. The Morgan fingerprint density at radius 1 is 1.14 bits per heavy atom. The number of aromatic nitrogens is 2. The molecule has 0 aromatic carbocycles. The minimum Gasteiger partial charge on any atom is -0.480 e. The average molecular weight is 516 g/mol. The molecule has 0 saturated heterocycles. The van der Waals surface area contributed by atoms with Crippen molar-refractivity contribution >= 4 is 42.3 Å². The first-order valence-corrected chi connectivity index (χ1v) is 11.3. The summed E-state index contributed by atoms with van der Waals surface area (Å²) in [4.78, 5) is 59.9. The van der Waals surface area contributed by atoms with Gasteiger partial charge in [-0.2, -0.15) is 12.6 Å². The number of aliphatic hydroxyl groups is 1. The predicted octanol–water partition coefficient (Wildman–Crippen LogP) is -3.82. The molecule has 0 fully saturated rings. The molecule has 0 bridgehead atoms. The van der Waals surface area contributed by atoms with Crippen molar-refractivity contribution < 1.29 is 29.4 Å². The SMILES string of the molecule is CC(O)C(NC(=O)C(Cc1cnc[nH]1)NC(=O)C(N)CS)C(=O)NC(CCCN=C(N)N)C(=O)O. The van der Waals surface area contributed by atoms with E-state index in [1.807, 2.05) is 0 Å². The summed E-state index contributed by atoms with van der Waals surface area (Å²) in [6.45, 7) is 1.40. The van der Waals surface area contributed by atoms with Gasteiger partial charge in [0.2, 0.25) is 17.7 Å². The Hall–Kier alpha value is -3.37. The fourth-order valence-corrected chi connectivity index (χ4v) is 3.03. The number of carbonyl (C=O) groups excluding carboxylic acids is 3. The van der Waals surface area contributed by atoms with Crippen LogP contribution >= 0.6 is 12.6 Å². The summed E-state index contributed by atoms with van der Waals surface area (Å²) >= 11 is 3.96. The molecule has 5 atom stereocenters. The Kier molecular flexibility index (Phi) is 12.5. The Bertz CT molecular complexity index is 876. The fourth-order valence-electron chi connectivity index (χ4n) is 2.87. The second-order valence-electron chi connectivity index (χ2n) is 7.71. The highest BCUT2D eigenvalue weighted by atomic mass is 32.1. The third kappa shape index (κ3) is 10.6. The number of carboxylic acid groups (broad SMARTS) is 1. The molecule has 196 valence electrons. The molecular formula is C19H33N9O6S. The first-order valence-electron chi connectivity index (χ1n) is 10.7. The number of aliphatic imine (C=N–C) groups is 1. The largest absolute Gasteiger partial charge is 0.480 e. The quantitative estimate of drug-likeness (QED) is 0.0470. The van der Waals surface area contributed by atoms with Crippen LogP contribution < -0.4 is 33.2 Å². The van der Waals surface area contributed by atoms with Crippen LogP contribution in [0.2, 0.25) is 0 Å². The number of H-pyrrole nitrogens is 1. The fraction of sp³-hybridized carbons (Fsp3) is 0.579. The van der Waals surface area contributed by atoms with Gasteiger partial charge in [-0.15, -0.1) is 0 Å². The molecule has 5 unspecified atom stereocenters. The molecule has 35 heavy (non-hydrogen) atoms. The number of nitrogens with zero attached hydrogens (tertiary/aromatic N) is 2. The van der Waals surface area contributed by atoms with Crippen LogP contribution in [0, 0.1) is 0 Å². The molecule has 15 nitrogen and oxygen atoms in total. The number of hydrogen-bond acceptors (Lipinski definition) is 9. The Labute approximate surface area is 207 Å². The molecule has 1 aromatic rings. The van der Waals surface area contributed by atoms with Crippen molar-refractivity contribution in [3.8, 4) is 0 Å². The number of aliphatic hydroxyl groups excluding tert-OH is 1. The van der Waals surface area contributed by atoms with Gasteiger partial charge in [0.25, 0.3) is 0 Å². The van der Waals surface area contributed by atoms with Crippen molar-refractivity contribution in [2.24, 2.45) is 22.2 Å². The third-order valence-corrected chi connectivity index (χ3v) is 5.16. The van der Waals surface area contributed by atoms with E-state index in [2.05, 4.69) is 43.5 Å². The lowest BCUT2D eigenvalue weighted by atomic mass is 10.1. The van der Waals surface area contributed by atoms with E-state index in [4.69, 9.17) is 17.2 Å². The molecule has 12 N–H and O–H groups in total. The van der Waals surface area contributed by atoms with Crippen LogP contribution in [-0.4, -0.2) is 92.4 Å². The maximum atomic E-state index is 13.0. The molecule has 0 aliphatic carbocycles. The van der Waals surface area contributed by atoms with Crippen LogP contribution in [0.1, 0.15) is 25.5 Å². The summed E-state index contributed by atoms with van der Waals surface area (Å²) in [6, 6.07) is -5.00. The molecule has 0 spiro atoms. The van der Waals surface area contributed by atoms with Crippen LogP contribution in [0.5, 0.6) is 0 Å². The highest BCUT2D eigenvalue weighted by Gasteiger charge is 2.32. The molecule has 3 amide bonds. The number of nitrogens with one attached hydrogen (secondary N) is 4. The van der Waals surface area contributed by atoms with Crippen molar-refractivity contribution in [1.82, 2.24) is 25.9 Å². The van der Waals surface area contributed by atoms with Crippen molar-refractivity contribution in [2.75, 3.05) is 12.3 Å². The number of aliphatic carboxylic acids is 1. The zero-order valence-corrected chi connectivity index (χ0v) is 20.1. The van der Waals surface area contributed by atoms with Gasteiger partial charge in [-0.25, -0.2) is 9.78 Å². The van der Waals surface area contributed by atoms with Crippen LogP contribution in [0.3, 0.4) is 0 Å². The molecule has 0 radical (unpaired) electrons. The minimum absolute atomic E-state index is 0.00154. The minimum atomic E-state index is -1.51. The maximum absolute atomic E-state index is 13.0. The van der Waals surface area contributed by atoms with Crippen molar-refractivity contribution in [2.45, 2.75) is 56.5 Å². The molecule has 1 heterocycles. The van der Waals surface area contributed by atoms with Crippen molar-refractivity contribution in [3.63, 3.8) is 0 Å². The number of guanidine groups is 1. The molecule has 1 rings (SSSR count). The van der Waals surface area contributed by atoms with Gasteiger partial charge in [0.15, 0.2) is 5.96 Å². The summed E-state index contributed by atoms with van der Waals surface area (Å²) in [6.07, 6.45) is 1.68.